The zero-order valence-corrected chi connectivity index (χ0v) is 10.6. The molecule has 0 spiro atoms. The van der Waals surface area contributed by atoms with Crippen molar-refractivity contribution in [3.05, 3.63) is 18.2 Å². The third-order valence-corrected chi connectivity index (χ3v) is 2.83. The molecule has 0 fully saturated rings. The Bertz CT molecular complexity index is 295. The molecule has 0 unspecified atom stereocenters. The molecule has 3 nitrogen and oxygen atoms in total. The van der Waals surface area contributed by atoms with Gasteiger partial charge in [-0.25, -0.2) is 4.98 Å². The van der Waals surface area contributed by atoms with Gasteiger partial charge >= 0.3 is 0 Å². The van der Waals surface area contributed by atoms with Gasteiger partial charge in [-0.2, -0.15) is 0 Å². The van der Waals surface area contributed by atoms with E-state index in [2.05, 4.69) is 36.4 Å². The minimum atomic E-state index is 0.740. The van der Waals surface area contributed by atoms with Crippen molar-refractivity contribution < 1.29 is 0 Å². The van der Waals surface area contributed by atoms with Crippen molar-refractivity contribution in [3.8, 4) is 0 Å². The summed E-state index contributed by atoms with van der Waals surface area (Å²) in [6, 6.07) is 6.04. The van der Waals surface area contributed by atoms with Crippen LogP contribution < -0.4 is 10.6 Å². The molecular weight excluding hydrogens is 198 g/mol. The third kappa shape index (κ3) is 4.09. The summed E-state index contributed by atoms with van der Waals surface area (Å²) in [7, 11) is 0. The quantitative estimate of drug-likeness (QED) is 0.741. The fraction of sp³-hybridized carbons (Fsp3) is 0.615. The number of anilines is 2. The van der Waals surface area contributed by atoms with Crippen molar-refractivity contribution in [3.63, 3.8) is 0 Å². The fourth-order valence-corrected chi connectivity index (χ4v) is 1.64. The smallest absolute Gasteiger partial charge is 0.128 e. The van der Waals surface area contributed by atoms with Gasteiger partial charge in [-0.1, -0.05) is 32.8 Å². The van der Waals surface area contributed by atoms with Crippen LogP contribution in [0.3, 0.4) is 0 Å². The van der Waals surface area contributed by atoms with Crippen LogP contribution in [0.2, 0.25) is 0 Å². The monoisotopic (exact) mass is 221 g/mol. The van der Waals surface area contributed by atoms with Crippen LogP contribution in [0.1, 0.15) is 33.6 Å². The second kappa shape index (κ2) is 7.09. The fourth-order valence-electron chi connectivity index (χ4n) is 1.64. The number of hydrogen-bond acceptors (Lipinski definition) is 3. The normalized spacial score (nSPS) is 10.5. The summed E-state index contributed by atoms with van der Waals surface area (Å²) < 4.78 is 0. The second-order valence-corrected chi connectivity index (χ2v) is 4.00. The zero-order valence-electron chi connectivity index (χ0n) is 10.6. The Morgan fingerprint density at radius 3 is 2.25 bits per heavy atom. The topological polar surface area (TPSA) is 37.0 Å². The first kappa shape index (κ1) is 12.8. The first-order valence-corrected chi connectivity index (χ1v) is 6.24. The lowest BCUT2D eigenvalue weighted by atomic mass is 10.0. The van der Waals surface area contributed by atoms with E-state index in [0.717, 1.165) is 30.6 Å². The minimum Gasteiger partial charge on any atom is -0.370 e. The summed E-state index contributed by atoms with van der Waals surface area (Å²) in [5, 5.41) is 6.61. The first-order chi connectivity index (χ1) is 7.80. The van der Waals surface area contributed by atoms with Crippen molar-refractivity contribution in [1.82, 2.24) is 4.98 Å². The van der Waals surface area contributed by atoms with Crippen LogP contribution in [-0.2, 0) is 0 Å². The lowest BCUT2D eigenvalue weighted by Crippen LogP contribution is -2.13. The molecule has 90 valence electrons. The van der Waals surface area contributed by atoms with Gasteiger partial charge in [0.05, 0.1) is 0 Å². The SMILES string of the molecule is CCNc1cccc(NCC(CC)CC)n1. The zero-order chi connectivity index (χ0) is 11.8. The average Bonchev–Trinajstić information content (AvgIpc) is 2.31. The van der Waals surface area contributed by atoms with Crippen LogP contribution in [0, 0.1) is 5.92 Å². The molecular formula is C13H23N3. The van der Waals surface area contributed by atoms with E-state index in [4.69, 9.17) is 0 Å². The largest absolute Gasteiger partial charge is 0.370 e. The van der Waals surface area contributed by atoms with E-state index in [0.29, 0.717) is 0 Å². The molecule has 0 amide bonds. The predicted octanol–water partition coefficient (Wildman–Crippen LogP) is 3.36. The van der Waals surface area contributed by atoms with Crippen LogP contribution in [0.15, 0.2) is 18.2 Å². The number of hydrogen-bond donors (Lipinski definition) is 2. The van der Waals surface area contributed by atoms with Crippen LogP contribution in [0.25, 0.3) is 0 Å². The van der Waals surface area contributed by atoms with E-state index in [1.165, 1.54) is 12.8 Å². The van der Waals surface area contributed by atoms with E-state index in [9.17, 15) is 0 Å². The van der Waals surface area contributed by atoms with Gasteiger partial charge in [0.25, 0.3) is 0 Å². The highest BCUT2D eigenvalue weighted by Crippen LogP contribution is 2.12. The molecule has 1 rings (SSSR count). The van der Waals surface area contributed by atoms with Gasteiger partial charge in [-0.15, -0.1) is 0 Å². The molecule has 0 aliphatic carbocycles. The highest BCUT2D eigenvalue weighted by molar-refractivity contribution is 5.44. The second-order valence-electron chi connectivity index (χ2n) is 4.00. The first-order valence-electron chi connectivity index (χ1n) is 6.24. The van der Waals surface area contributed by atoms with E-state index in [1.807, 2.05) is 18.2 Å². The molecule has 16 heavy (non-hydrogen) atoms. The standard InChI is InChI=1S/C13H23N3/c1-4-11(5-2)10-15-13-9-7-8-12(16-13)14-6-3/h7-9,11H,4-6,10H2,1-3H3,(H2,14,15,16). The number of nitrogens with zero attached hydrogens (tertiary/aromatic N) is 1. The Labute approximate surface area is 98.7 Å². The number of aromatic nitrogens is 1. The molecule has 1 aromatic heterocycles. The molecule has 0 saturated heterocycles. The van der Waals surface area contributed by atoms with Gasteiger partial charge < -0.3 is 10.6 Å². The molecule has 0 aliphatic heterocycles. The van der Waals surface area contributed by atoms with Crippen molar-refractivity contribution >= 4 is 11.6 Å². The molecule has 0 radical (unpaired) electrons. The highest BCUT2D eigenvalue weighted by atomic mass is 15.1. The Balaban J connectivity index is 2.49. The van der Waals surface area contributed by atoms with Crippen molar-refractivity contribution in [1.29, 1.82) is 0 Å². The lowest BCUT2D eigenvalue weighted by Gasteiger charge is -2.14. The maximum absolute atomic E-state index is 4.48. The highest BCUT2D eigenvalue weighted by Gasteiger charge is 2.03. The van der Waals surface area contributed by atoms with Crippen LogP contribution in [0.5, 0.6) is 0 Å². The summed E-state index contributed by atoms with van der Waals surface area (Å²) in [6.07, 6.45) is 2.44. The molecule has 0 atom stereocenters. The number of pyridine rings is 1. The third-order valence-electron chi connectivity index (χ3n) is 2.83. The molecule has 2 N–H and O–H groups in total. The van der Waals surface area contributed by atoms with Crippen molar-refractivity contribution in [2.75, 3.05) is 23.7 Å². The molecule has 1 heterocycles. The Kier molecular flexibility index (Phi) is 5.68. The van der Waals surface area contributed by atoms with Gasteiger partial charge in [-0.3, -0.25) is 0 Å². The average molecular weight is 221 g/mol. The molecule has 1 aromatic rings. The maximum Gasteiger partial charge on any atom is 0.128 e. The van der Waals surface area contributed by atoms with E-state index in [1.54, 1.807) is 0 Å². The van der Waals surface area contributed by atoms with E-state index < -0.39 is 0 Å². The van der Waals surface area contributed by atoms with E-state index >= 15 is 0 Å². The van der Waals surface area contributed by atoms with E-state index in [-0.39, 0.29) is 0 Å². The maximum atomic E-state index is 4.48. The Morgan fingerprint density at radius 1 is 1.06 bits per heavy atom. The molecule has 0 aromatic carbocycles. The number of rotatable bonds is 7. The van der Waals surface area contributed by atoms with Gasteiger partial charge in [0.15, 0.2) is 0 Å². The summed E-state index contributed by atoms with van der Waals surface area (Å²) in [4.78, 5) is 4.48. The van der Waals surface area contributed by atoms with Gasteiger partial charge in [0.1, 0.15) is 11.6 Å². The molecule has 0 bridgehead atoms. The van der Waals surface area contributed by atoms with Crippen LogP contribution >= 0.6 is 0 Å². The van der Waals surface area contributed by atoms with Gasteiger partial charge in [0, 0.05) is 13.1 Å². The molecule has 3 heteroatoms. The molecule has 0 aliphatic rings. The van der Waals surface area contributed by atoms with Crippen molar-refractivity contribution in [2.24, 2.45) is 5.92 Å². The summed E-state index contributed by atoms with van der Waals surface area (Å²) >= 11 is 0. The van der Waals surface area contributed by atoms with Gasteiger partial charge in [-0.05, 0) is 25.0 Å². The summed E-state index contributed by atoms with van der Waals surface area (Å²) in [6.45, 7) is 8.46. The summed E-state index contributed by atoms with van der Waals surface area (Å²) in [5.41, 5.74) is 0. The van der Waals surface area contributed by atoms with Crippen molar-refractivity contribution in [2.45, 2.75) is 33.6 Å². The van der Waals surface area contributed by atoms with Crippen LogP contribution in [0.4, 0.5) is 11.6 Å². The predicted molar refractivity (Wildman–Crippen MR) is 71.0 cm³/mol. The lowest BCUT2D eigenvalue weighted by molar-refractivity contribution is 0.518. The van der Waals surface area contributed by atoms with Gasteiger partial charge in [0.2, 0.25) is 0 Å². The Morgan fingerprint density at radius 2 is 1.69 bits per heavy atom. The van der Waals surface area contributed by atoms with Crippen LogP contribution in [-0.4, -0.2) is 18.1 Å². The summed E-state index contributed by atoms with van der Waals surface area (Å²) in [5.74, 6) is 2.65. The number of nitrogens with one attached hydrogen (secondary N) is 2. The molecule has 0 saturated carbocycles. The Hall–Kier alpha value is -1.25. The minimum absolute atomic E-state index is 0.740.